The molecule has 0 aromatic heterocycles. The lowest BCUT2D eigenvalue weighted by atomic mass is 10.2. The number of aliphatic hydroxyl groups is 2. The van der Waals surface area contributed by atoms with Gasteiger partial charge in [0.25, 0.3) is 5.08 Å². The second kappa shape index (κ2) is 6.92. The van der Waals surface area contributed by atoms with Gasteiger partial charge in [-0.2, -0.15) is 0 Å². The third-order valence-corrected chi connectivity index (χ3v) is 6.21. The molecule has 0 fully saturated rings. The molecule has 0 spiro atoms. The van der Waals surface area contributed by atoms with E-state index in [0.717, 1.165) is 0 Å². The van der Waals surface area contributed by atoms with E-state index in [-0.39, 0.29) is 19.4 Å². The maximum absolute atomic E-state index is 11.0. The van der Waals surface area contributed by atoms with Crippen LogP contribution in [0.4, 0.5) is 0 Å². The van der Waals surface area contributed by atoms with Crippen molar-refractivity contribution in [3.63, 3.8) is 0 Å². The van der Waals surface area contributed by atoms with Crippen molar-refractivity contribution < 1.29 is 43.7 Å². The number of carbonyl (C=O) groups is 1. The van der Waals surface area contributed by atoms with E-state index in [4.69, 9.17) is 24.7 Å². The lowest BCUT2D eigenvalue weighted by Crippen LogP contribution is -2.30. The minimum atomic E-state index is -5.42. The molecule has 7 N–H and O–H groups in total. The van der Waals surface area contributed by atoms with Gasteiger partial charge in [0.05, 0.1) is 0 Å². The number of amides is 1. The maximum Gasteiger partial charge on any atom is 0.369 e. The zero-order valence-electron chi connectivity index (χ0n) is 9.84. The molecule has 0 saturated heterocycles. The fourth-order valence-electron chi connectivity index (χ4n) is 1.23. The summed E-state index contributed by atoms with van der Waals surface area (Å²) in [5.74, 6) is -0.653. The van der Waals surface area contributed by atoms with E-state index in [9.17, 15) is 19.0 Å². The molecule has 19 heavy (non-hydrogen) atoms. The molecule has 0 atom stereocenters. The van der Waals surface area contributed by atoms with Crippen LogP contribution in [0.1, 0.15) is 19.3 Å². The number of unbranched alkanes of at least 4 members (excludes halogenated alkanes) is 1. The van der Waals surface area contributed by atoms with Crippen LogP contribution in [0.15, 0.2) is 0 Å². The third kappa shape index (κ3) is 5.29. The highest BCUT2D eigenvalue weighted by Gasteiger charge is 2.58. The summed E-state index contributed by atoms with van der Waals surface area (Å²) in [5, 5.41) is 16.7. The number of hydrogen-bond acceptors (Lipinski definition) is 5. The van der Waals surface area contributed by atoms with Gasteiger partial charge >= 0.3 is 15.2 Å². The molecule has 0 aliphatic rings. The van der Waals surface area contributed by atoms with Crippen LogP contribution in [0.5, 0.6) is 0 Å². The highest BCUT2D eigenvalue weighted by Crippen LogP contribution is 2.69. The van der Waals surface area contributed by atoms with Gasteiger partial charge in [0.15, 0.2) is 0 Å². The van der Waals surface area contributed by atoms with Crippen molar-refractivity contribution in [2.24, 2.45) is 0 Å². The molecule has 114 valence electrons. The zero-order chi connectivity index (χ0) is 15.3. The Hall–Kier alpha value is -0.310. The van der Waals surface area contributed by atoms with Gasteiger partial charge < -0.3 is 35.1 Å². The summed E-state index contributed by atoms with van der Waals surface area (Å²) in [4.78, 5) is 45.9. The number of rotatable bonds is 8. The van der Waals surface area contributed by atoms with E-state index in [1.807, 2.05) is 0 Å². The Morgan fingerprint density at radius 3 is 1.89 bits per heavy atom. The van der Waals surface area contributed by atoms with Crippen molar-refractivity contribution in [2.75, 3.05) is 13.2 Å². The van der Waals surface area contributed by atoms with E-state index in [1.165, 1.54) is 0 Å². The van der Waals surface area contributed by atoms with Gasteiger partial charge in [-0.05, 0) is 19.3 Å². The monoisotopic (exact) mass is 321 g/mol. The normalized spacial score (nSPS) is 13.4. The second-order valence-electron chi connectivity index (χ2n) is 3.83. The van der Waals surface area contributed by atoms with Gasteiger partial charge in [0, 0.05) is 6.54 Å². The third-order valence-electron chi connectivity index (χ3n) is 2.34. The molecule has 10 nitrogen and oxygen atoms in total. The maximum atomic E-state index is 11.0. The summed E-state index contributed by atoms with van der Waals surface area (Å²) < 4.78 is 21.9. The van der Waals surface area contributed by atoms with Crippen molar-refractivity contribution in [1.82, 2.24) is 5.32 Å². The first-order chi connectivity index (χ1) is 8.45. The molecule has 0 heterocycles. The molecule has 0 radical (unpaired) electrons. The molecule has 0 aliphatic carbocycles. The Labute approximate surface area is 108 Å². The van der Waals surface area contributed by atoms with Crippen LogP contribution in [0, 0.1) is 0 Å². The molecule has 0 bridgehead atoms. The number of nitrogens with one attached hydrogen (secondary N) is 1. The van der Waals surface area contributed by atoms with Crippen LogP contribution >= 0.6 is 15.2 Å². The summed E-state index contributed by atoms with van der Waals surface area (Å²) in [7, 11) is -10.8. The van der Waals surface area contributed by atoms with Crippen molar-refractivity contribution >= 4 is 21.1 Å². The van der Waals surface area contributed by atoms with Gasteiger partial charge in [0.2, 0.25) is 5.91 Å². The molecule has 0 rings (SSSR count). The first kappa shape index (κ1) is 18.7. The average molecular weight is 321 g/mol. The molecular formula is C7H17NO9P2. The smallest absolute Gasteiger partial charge is 0.369 e. The van der Waals surface area contributed by atoms with Crippen LogP contribution in [0.3, 0.4) is 0 Å². The van der Waals surface area contributed by atoms with E-state index in [1.54, 1.807) is 0 Å². The number of hydrogen-bond donors (Lipinski definition) is 7. The molecule has 12 heteroatoms. The second-order valence-corrected chi connectivity index (χ2v) is 7.84. The van der Waals surface area contributed by atoms with Crippen molar-refractivity contribution in [3.05, 3.63) is 0 Å². The summed E-state index contributed by atoms with van der Waals surface area (Å²) in [6, 6.07) is 0. The molecule has 1 amide bonds. The van der Waals surface area contributed by atoms with E-state index >= 15 is 0 Å². The quantitative estimate of drug-likeness (QED) is 0.201. The van der Waals surface area contributed by atoms with Crippen LogP contribution in [-0.4, -0.2) is 53.9 Å². The summed E-state index contributed by atoms with van der Waals surface area (Å²) in [6.07, 6.45) is -0.844. The van der Waals surface area contributed by atoms with E-state index in [0.29, 0.717) is 0 Å². The fraction of sp³-hybridized carbons (Fsp3) is 0.857. The highest BCUT2D eigenvalue weighted by atomic mass is 31.2. The largest absolute Gasteiger partial charge is 0.387 e. The summed E-state index contributed by atoms with van der Waals surface area (Å²) in [5.41, 5.74) is 0. The SMILES string of the molecule is O=C(CO)NCCCCC(O)(P(=O)(O)O)P(=O)(O)O. The lowest BCUT2D eigenvalue weighted by Gasteiger charge is -2.29. The van der Waals surface area contributed by atoms with Crippen molar-refractivity contribution in [1.29, 1.82) is 0 Å². The molecule has 0 aliphatic heterocycles. The van der Waals surface area contributed by atoms with E-state index < -0.39 is 39.2 Å². The Balaban J connectivity index is 4.45. The molecule has 0 saturated carbocycles. The van der Waals surface area contributed by atoms with E-state index in [2.05, 4.69) is 5.32 Å². The predicted molar refractivity (Wildman–Crippen MR) is 63.0 cm³/mol. The molecule has 0 aromatic carbocycles. The minimum absolute atomic E-state index is 0.0395. The Kier molecular flexibility index (Phi) is 6.80. The number of carbonyl (C=O) groups excluding carboxylic acids is 1. The topological polar surface area (TPSA) is 185 Å². The van der Waals surface area contributed by atoms with Gasteiger partial charge in [-0.25, -0.2) is 0 Å². The first-order valence-corrected chi connectivity index (χ1v) is 8.39. The van der Waals surface area contributed by atoms with Gasteiger partial charge in [-0.15, -0.1) is 0 Å². The van der Waals surface area contributed by atoms with Gasteiger partial charge in [0.1, 0.15) is 6.61 Å². The number of aliphatic hydroxyl groups excluding tert-OH is 1. The molecule has 0 unspecified atom stereocenters. The summed E-state index contributed by atoms with van der Waals surface area (Å²) in [6.45, 7) is -0.674. The van der Waals surface area contributed by atoms with Gasteiger partial charge in [-0.1, -0.05) is 0 Å². The van der Waals surface area contributed by atoms with Crippen LogP contribution in [0.25, 0.3) is 0 Å². The van der Waals surface area contributed by atoms with Crippen molar-refractivity contribution in [2.45, 2.75) is 24.3 Å². The standard InChI is InChI=1S/C7H17NO9P2/c9-5-6(10)8-4-2-1-3-7(11,18(12,13)14)19(15,16)17/h9,11H,1-5H2,(H,8,10)(H2,12,13,14)(H2,15,16,17). The van der Waals surface area contributed by atoms with Gasteiger partial charge in [-0.3, -0.25) is 13.9 Å². The van der Waals surface area contributed by atoms with Crippen molar-refractivity contribution in [3.8, 4) is 0 Å². The Bertz CT molecular complexity index is 377. The summed E-state index contributed by atoms with van der Waals surface area (Å²) >= 11 is 0. The highest BCUT2D eigenvalue weighted by molar-refractivity contribution is 7.72. The molecular weight excluding hydrogens is 304 g/mol. The first-order valence-electron chi connectivity index (χ1n) is 5.17. The van der Waals surface area contributed by atoms with Crippen LogP contribution in [-0.2, 0) is 13.9 Å². The zero-order valence-corrected chi connectivity index (χ0v) is 11.6. The van der Waals surface area contributed by atoms with Crippen LogP contribution in [0.2, 0.25) is 0 Å². The Morgan fingerprint density at radius 1 is 1.05 bits per heavy atom. The predicted octanol–water partition coefficient (Wildman–Crippen LogP) is -1.73. The fourth-order valence-corrected chi connectivity index (χ4v) is 3.49. The molecule has 0 aromatic rings. The minimum Gasteiger partial charge on any atom is -0.387 e. The average Bonchev–Trinajstić information content (AvgIpc) is 2.24. The Morgan fingerprint density at radius 2 is 1.53 bits per heavy atom. The van der Waals surface area contributed by atoms with Crippen LogP contribution < -0.4 is 5.32 Å². The lowest BCUT2D eigenvalue weighted by molar-refractivity contribution is -0.123.